The molecule has 0 amide bonds. The average Bonchev–Trinajstić information content (AvgIpc) is 2.08. The zero-order valence-corrected chi connectivity index (χ0v) is 10.7. The molecule has 0 saturated heterocycles. The number of halogens is 5. The number of hydrogen-bond donors (Lipinski definition) is 0. The minimum atomic E-state index is -2.84. The van der Waals surface area contributed by atoms with Crippen molar-refractivity contribution in [1.29, 1.82) is 0 Å². The summed E-state index contributed by atoms with van der Waals surface area (Å²) >= 11 is 12.0. The van der Waals surface area contributed by atoms with Crippen molar-refractivity contribution in [3.8, 4) is 5.75 Å². The monoisotopic (exact) mass is 348 g/mol. The molecular weight excluding hydrogens is 345 g/mol. The largest absolute Gasteiger partial charge is 0.433 e. The Morgan fingerprint density at radius 3 is 2.57 bits per heavy atom. The Bertz CT molecular complexity index is 333. The van der Waals surface area contributed by atoms with Crippen LogP contribution in [0.5, 0.6) is 5.75 Å². The highest BCUT2D eigenvalue weighted by Crippen LogP contribution is 2.34. The summed E-state index contributed by atoms with van der Waals surface area (Å²) in [6.07, 6.45) is 0. The summed E-state index contributed by atoms with van der Waals surface area (Å²) in [5.41, 5.74) is 0.574. The quantitative estimate of drug-likeness (QED) is 0.724. The van der Waals surface area contributed by atoms with E-state index in [2.05, 4.69) is 36.6 Å². The molecule has 0 N–H and O–H groups in total. The van der Waals surface area contributed by atoms with Gasteiger partial charge in [0.25, 0.3) is 0 Å². The minimum Gasteiger partial charge on any atom is -0.433 e. The molecule has 1 aromatic carbocycles. The van der Waals surface area contributed by atoms with Crippen LogP contribution in [0.3, 0.4) is 0 Å². The van der Waals surface area contributed by atoms with Gasteiger partial charge in [-0.2, -0.15) is 8.78 Å². The van der Waals surface area contributed by atoms with Gasteiger partial charge in [-0.1, -0.05) is 27.5 Å². The standard InChI is InChI=1S/C8H5Br2ClF2O/c9-3-4-1-5(11)2-6(10)7(4)14-8(12)13/h1-2,8H,3H2. The lowest BCUT2D eigenvalue weighted by atomic mass is 10.2. The Labute approximate surface area is 102 Å². The SMILES string of the molecule is FC(F)Oc1c(Br)cc(Cl)cc1CBr. The van der Waals surface area contributed by atoms with Gasteiger partial charge in [0, 0.05) is 15.9 Å². The third kappa shape index (κ3) is 3.07. The summed E-state index contributed by atoms with van der Waals surface area (Å²) in [6.45, 7) is -2.84. The summed E-state index contributed by atoms with van der Waals surface area (Å²) in [4.78, 5) is 0. The van der Waals surface area contributed by atoms with E-state index in [4.69, 9.17) is 11.6 Å². The summed E-state index contributed by atoms with van der Waals surface area (Å²) < 4.78 is 28.8. The van der Waals surface area contributed by atoms with Gasteiger partial charge in [0.05, 0.1) is 4.47 Å². The maximum atomic E-state index is 12.0. The second-order valence-corrected chi connectivity index (χ2v) is 4.24. The molecule has 1 rings (SSSR count). The van der Waals surface area contributed by atoms with Crippen LogP contribution in [0.1, 0.15) is 5.56 Å². The predicted molar refractivity (Wildman–Crippen MR) is 58.4 cm³/mol. The average molecular weight is 350 g/mol. The molecule has 0 heterocycles. The van der Waals surface area contributed by atoms with Crippen molar-refractivity contribution in [3.05, 3.63) is 27.2 Å². The molecule has 0 aliphatic carbocycles. The maximum absolute atomic E-state index is 12.0. The molecule has 1 aromatic rings. The Morgan fingerprint density at radius 1 is 1.43 bits per heavy atom. The summed E-state index contributed by atoms with van der Waals surface area (Å²) in [7, 11) is 0. The van der Waals surface area contributed by atoms with Crippen molar-refractivity contribution in [2.45, 2.75) is 11.9 Å². The molecule has 0 aliphatic heterocycles. The Kier molecular flexibility index (Phi) is 4.60. The molecule has 0 atom stereocenters. The van der Waals surface area contributed by atoms with E-state index in [0.717, 1.165) is 0 Å². The van der Waals surface area contributed by atoms with E-state index in [-0.39, 0.29) is 5.75 Å². The van der Waals surface area contributed by atoms with Crippen molar-refractivity contribution in [3.63, 3.8) is 0 Å². The Hall–Kier alpha value is 0.130. The van der Waals surface area contributed by atoms with Gasteiger partial charge in [-0.25, -0.2) is 0 Å². The van der Waals surface area contributed by atoms with Crippen molar-refractivity contribution >= 4 is 43.5 Å². The highest BCUT2D eigenvalue weighted by Gasteiger charge is 2.13. The Balaban J connectivity index is 3.11. The number of ether oxygens (including phenoxy) is 1. The second kappa shape index (κ2) is 5.28. The summed E-state index contributed by atoms with van der Waals surface area (Å²) in [5.74, 6) is 0.112. The van der Waals surface area contributed by atoms with E-state index in [0.29, 0.717) is 20.4 Å². The predicted octanol–water partition coefficient (Wildman–Crippen LogP) is 4.60. The molecule has 6 heteroatoms. The first-order valence-electron chi connectivity index (χ1n) is 3.53. The molecule has 0 fully saturated rings. The molecule has 0 unspecified atom stereocenters. The highest BCUT2D eigenvalue weighted by molar-refractivity contribution is 9.10. The Morgan fingerprint density at radius 2 is 2.07 bits per heavy atom. The topological polar surface area (TPSA) is 9.23 Å². The van der Waals surface area contributed by atoms with Crippen LogP contribution in [0.25, 0.3) is 0 Å². The minimum absolute atomic E-state index is 0.112. The molecule has 0 saturated carbocycles. The van der Waals surface area contributed by atoms with E-state index in [9.17, 15) is 8.78 Å². The van der Waals surface area contributed by atoms with Gasteiger partial charge < -0.3 is 4.74 Å². The van der Waals surface area contributed by atoms with E-state index < -0.39 is 6.61 Å². The van der Waals surface area contributed by atoms with E-state index >= 15 is 0 Å². The molecule has 0 spiro atoms. The lowest BCUT2D eigenvalue weighted by molar-refractivity contribution is -0.0508. The first-order valence-corrected chi connectivity index (χ1v) is 5.82. The second-order valence-electron chi connectivity index (χ2n) is 2.39. The first-order chi connectivity index (χ1) is 6.54. The van der Waals surface area contributed by atoms with Gasteiger partial charge in [-0.15, -0.1) is 0 Å². The van der Waals surface area contributed by atoms with Gasteiger partial charge in [-0.05, 0) is 28.1 Å². The zero-order chi connectivity index (χ0) is 10.7. The molecule has 0 bridgehead atoms. The van der Waals surface area contributed by atoms with E-state index in [1.54, 1.807) is 6.07 Å². The van der Waals surface area contributed by atoms with Crippen molar-refractivity contribution in [1.82, 2.24) is 0 Å². The number of hydrogen-bond acceptors (Lipinski definition) is 1. The van der Waals surface area contributed by atoms with Crippen molar-refractivity contribution in [2.75, 3.05) is 0 Å². The number of benzene rings is 1. The fraction of sp³-hybridized carbons (Fsp3) is 0.250. The van der Waals surface area contributed by atoms with Crippen LogP contribution in [0.2, 0.25) is 5.02 Å². The fourth-order valence-electron chi connectivity index (χ4n) is 0.934. The molecular formula is C8H5Br2ClF2O. The molecule has 14 heavy (non-hydrogen) atoms. The van der Waals surface area contributed by atoms with Crippen LogP contribution in [0.4, 0.5) is 8.78 Å². The molecule has 1 nitrogen and oxygen atoms in total. The summed E-state index contributed by atoms with van der Waals surface area (Å²) in [6, 6.07) is 3.07. The van der Waals surface area contributed by atoms with Crippen molar-refractivity contribution in [2.24, 2.45) is 0 Å². The fourth-order valence-corrected chi connectivity index (χ4v) is 2.32. The van der Waals surface area contributed by atoms with Crippen molar-refractivity contribution < 1.29 is 13.5 Å². The lowest BCUT2D eigenvalue weighted by Crippen LogP contribution is -2.04. The van der Waals surface area contributed by atoms with Crippen LogP contribution in [0, 0.1) is 0 Å². The third-order valence-corrected chi connectivity index (χ3v) is 2.85. The molecule has 0 aromatic heterocycles. The molecule has 78 valence electrons. The smallest absolute Gasteiger partial charge is 0.387 e. The van der Waals surface area contributed by atoms with Crippen LogP contribution < -0.4 is 4.74 Å². The van der Waals surface area contributed by atoms with Crippen LogP contribution >= 0.6 is 43.5 Å². The van der Waals surface area contributed by atoms with Crippen LogP contribution in [-0.4, -0.2) is 6.61 Å². The van der Waals surface area contributed by atoms with Crippen LogP contribution in [0.15, 0.2) is 16.6 Å². The van der Waals surface area contributed by atoms with Gasteiger partial charge in [0.2, 0.25) is 0 Å². The first kappa shape index (κ1) is 12.2. The lowest BCUT2D eigenvalue weighted by Gasteiger charge is -2.11. The molecule has 0 aliphatic rings. The molecule has 0 radical (unpaired) electrons. The van der Waals surface area contributed by atoms with Crippen LogP contribution in [-0.2, 0) is 5.33 Å². The third-order valence-electron chi connectivity index (χ3n) is 1.44. The summed E-state index contributed by atoms with van der Waals surface area (Å²) in [5, 5.41) is 0.863. The van der Waals surface area contributed by atoms with Gasteiger partial charge in [0.1, 0.15) is 5.75 Å². The van der Waals surface area contributed by atoms with Gasteiger partial charge >= 0.3 is 6.61 Å². The van der Waals surface area contributed by atoms with E-state index in [1.165, 1.54) is 6.07 Å². The number of rotatable bonds is 3. The highest BCUT2D eigenvalue weighted by atomic mass is 79.9. The van der Waals surface area contributed by atoms with Gasteiger partial charge in [0.15, 0.2) is 0 Å². The number of alkyl halides is 3. The van der Waals surface area contributed by atoms with Gasteiger partial charge in [-0.3, -0.25) is 0 Å². The van der Waals surface area contributed by atoms with E-state index in [1.807, 2.05) is 0 Å². The maximum Gasteiger partial charge on any atom is 0.387 e. The normalized spacial score (nSPS) is 10.7. The zero-order valence-electron chi connectivity index (χ0n) is 6.74.